The van der Waals surface area contributed by atoms with Crippen molar-refractivity contribution in [1.29, 1.82) is 0 Å². The van der Waals surface area contributed by atoms with Gasteiger partial charge in [0.25, 0.3) is 0 Å². The molecular formula is C15H11N3O. The highest BCUT2D eigenvalue weighted by atomic mass is 16.4. The largest absolute Gasteiger partial charge is 0.411 e. The topological polar surface area (TPSA) is 64.2 Å². The molecule has 0 fully saturated rings. The second-order valence-corrected chi connectivity index (χ2v) is 4.57. The quantitative estimate of drug-likeness (QED) is 0.269. The van der Waals surface area contributed by atoms with Crippen LogP contribution in [0.4, 0.5) is 0 Å². The Hall–Kier alpha value is -2.75. The minimum absolute atomic E-state index is 0.882. The van der Waals surface area contributed by atoms with E-state index in [0.717, 1.165) is 32.9 Å². The predicted molar refractivity (Wildman–Crippen MR) is 77.0 cm³/mol. The summed E-state index contributed by atoms with van der Waals surface area (Å²) in [6, 6.07) is 12.3. The van der Waals surface area contributed by atoms with E-state index in [1.807, 2.05) is 24.4 Å². The lowest BCUT2D eigenvalue weighted by molar-refractivity contribution is 0.322. The molecule has 3 N–H and O–H groups in total. The molecule has 0 spiro atoms. The van der Waals surface area contributed by atoms with Crippen LogP contribution in [0, 0.1) is 0 Å². The van der Waals surface area contributed by atoms with E-state index in [1.165, 1.54) is 11.6 Å². The minimum Gasteiger partial charge on any atom is -0.411 e. The van der Waals surface area contributed by atoms with E-state index < -0.39 is 0 Å². The fourth-order valence-electron chi connectivity index (χ4n) is 2.75. The van der Waals surface area contributed by atoms with E-state index in [0.29, 0.717) is 0 Å². The summed E-state index contributed by atoms with van der Waals surface area (Å²) in [7, 11) is 0. The van der Waals surface area contributed by atoms with E-state index in [4.69, 9.17) is 5.21 Å². The van der Waals surface area contributed by atoms with Gasteiger partial charge >= 0.3 is 0 Å². The number of aromatic nitrogens is 2. The van der Waals surface area contributed by atoms with Gasteiger partial charge in [-0.3, -0.25) is 0 Å². The number of nitrogens with one attached hydrogen (secondary N) is 2. The monoisotopic (exact) mass is 249 g/mol. The second-order valence-electron chi connectivity index (χ2n) is 4.57. The molecule has 0 saturated heterocycles. The third kappa shape index (κ3) is 1.31. The summed E-state index contributed by atoms with van der Waals surface area (Å²) in [5.74, 6) is 0. The molecule has 2 heterocycles. The maximum absolute atomic E-state index is 8.78. The Morgan fingerprint density at radius 3 is 2.68 bits per heavy atom. The van der Waals surface area contributed by atoms with Crippen LogP contribution in [-0.2, 0) is 0 Å². The van der Waals surface area contributed by atoms with E-state index in [9.17, 15) is 0 Å². The van der Waals surface area contributed by atoms with Gasteiger partial charge in [0, 0.05) is 44.5 Å². The molecule has 92 valence electrons. The Bertz CT molecular complexity index is 930. The maximum Gasteiger partial charge on any atom is 0.0755 e. The molecular weight excluding hydrogens is 238 g/mol. The summed E-state index contributed by atoms with van der Waals surface area (Å²) in [6.07, 6.45) is 3.31. The highest BCUT2D eigenvalue weighted by Crippen LogP contribution is 2.33. The van der Waals surface area contributed by atoms with Gasteiger partial charge in [-0.15, -0.1) is 0 Å². The van der Waals surface area contributed by atoms with Crippen LogP contribution in [0.1, 0.15) is 5.56 Å². The van der Waals surface area contributed by atoms with Crippen LogP contribution >= 0.6 is 0 Å². The van der Waals surface area contributed by atoms with E-state index in [-0.39, 0.29) is 0 Å². The second kappa shape index (κ2) is 3.62. The van der Waals surface area contributed by atoms with Crippen molar-refractivity contribution in [3.8, 4) is 0 Å². The fourth-order valence-corrected chi connectivity index (χ4v) is 2.75. The molecule has 0 atom stereocenters. The summed E-state index contributed by atoms with van der Waals surface area (Å²) in [5.41, 5.74) is 4.11. The molecule has 4 nitrogen and oxygen atoms in total. The van der Waals surface area contributed by atoms with Crippen LogP contribution in [0.5, 0.6) is 0 Å². The van der Waals surface area contributed by atoms with E-state index >= 15 is 0 Å². The lowest BCUT2D eigenvalue weighted by atomic mass is 10.1. The van der Waals surface area contributed by atoms with Crippen LogP contribution in [0.25, 0.3) is 32.7 Å². The van der Waals surface area contributed by atoms with Crippen molar-refractivity contribution < 1.29 is 5.21 Å². The zero-order valence-electron chi connectivity index (χ0n) is 10.0. The molecule has 4 aromatic rings. The summed E-state index contributed by atoms with van der Waals surface area (Å²) in [4.78, 5) is 6.61. The Morgan fingerprint density at radius 1 is 0.947 bits per heavy atom. The zero-order valence-corrected chi connectivity index (χ0v) is 10.0. The Morgan fingerprint density at radius 2 is 1.79 bits per heavy atom. The number of hydrogen-bond donors (Lipinski definition) is 3. The van der Waals surface area contributed by atoms with Gasteiger partial charge in [-0.2, -0.15) is 0 Å². The van der Waals surface area contributed by atoms with Gasteiger partial charge in [0.2, 0.25) is 0 Å². The number of H-pyrrole nitrogens is 2. The number of aromatic amines is 2. The first-order chi connectivity index (χ1) is 9.38. The molecule has 0 radical (unpaired) electrons. The van der Waals surface area contributed by atoms with Crippen molar-refractivity contribution >= 4 is 38.9 Å². The number of benzene rings is 2. The molecule has 4 heteroatoms. The highest BCUT2D eigenvalue weighted by Gasteiger charge is 2.11. The van der Waals surface area contributed by atoms with Crippen LogP contribution in [0.2, 0.25) is 0 Å². The van der Waals surface area contributed by atoms with E-state index in [2.05, 4.69) is 33.3 Å². The van der Waals surface area contributed by atoms with E-state index in [1.54, 1.807) is 0 Å². The molecule has 2 aromatic heterocycles. The number of para-hydroxylation sites is 1. The molecule has 4 rings (SSSR count). The summed E-state index contributed by atoms with van der Waals surface area (Å²) >= 11 is 0. The predicted octanol–water partition coefficient (Wildman–Crippen LogP) is 3.61. The van der Waals surface area contributed by atoms with Gasteiger partial charge in [-0.05, 0) is 18.2 Å². The average Bonchev–Trinajstić information content (AvgIpc) is 2.99. The van der Waals surface area contributed by atoms with Crippen molar-refractivity contribution in [3.05, 3.63) is 48.2 Å². The fraction of sp³-hybridized carbons (Fsp3) is 0. The van der Waals surface area contributed by atoms with Crippen molar-refractivity contribution in [2.75, 3.05) is 0 Å². The summed E-state index contributed by atoms with van der Waals surface area (Å²) in [5, 5.41) is 15.3. The summed E-state index contributed by atoms with van der Waals surface area (Å²) in [6.45, 7) is 0. The van der Waals surface area contributed by atoms with Gasteiger partial charge < -0.3 is 15.2 Å². The maximum atomic E-state index is 8.78. The first kappa shape index (κ1) is 10.2. The minimum atomic E-state index is 0.882. The Labute approximate surface area is 108 Å². The first-order valence-corrected chi connectivity index (χ1v) is 6.06. The lowest BCUT2D eigenvalue weighted by Crippen LogP contribution is -1.78. The number of hydrogen-bond acceptors (Lipinski definition) is 2. The van der Waals surface area contributed by atoms with Crippen molar-refractivity contribution in [1.82, 2.24) is 9.97 Å². The standard InChI is InChI=1S/C15H11N3O/c19-17-8-9-7-16-12-5-6-13-15(14(9)12)10-3-1-2-4-11(10)18-13/h1-8,16,18-19H/b17-8+. The molecule has 19 heavy (non-hydrogen) atoms. The number of oxime groups is 1. The molecule has 0 bridgehead atoms. The highest BCUT2D eigenvalue weighted by molar-refractivity contribution is 6.23. The number of fused-ring (bicyclic) bond motifs is 5. The van der Waals surface area contributed by atoms with Gasteiger partial charge in [0.15, 0.2) is 0 Å². The van der Waals surface area contributed by atoms with Gasteiger partial charge in [0.05, 0.1) is 6.21 Å². The zero-order chi connectivity index (χ0) is 12.8. The Kier molecular flexibility index (Phi) is 1.94. The SMILES string of the molecule is O/N=C/c1c[nH]c2ccc3[nH]c4ccccc4c3c12. The van der Waals surface area contributed by atoms with Gasteiger partial charge in [-0.1, -0.05) is 23.4 Å². The van der Waals surface area contributed by atoms with Crippen molar-refractivity contribution in [2.45, 2.75) is 0 Å². The normalized spacial score (nSPS) is 12.2. The smallest absolute Gasteiger partial charge is 0.0755 e. The Balaban J connectivity index is 2.31. The molecule has 0 saturated carbocycles. The van der Waals surface area contributed by atoms with Crippen LogP contribution in [0.3, 0.4) is 0 Å². The van der Waals surface area contributed by atoms with Crippen LogP contribution < -0.4 is 0 Å². The number of rotatable bonds is 1. The molecule has 0 unspecified atom stereocenters. The lowest BCUT2D eigenvalue weighted by Gasteiger charge is -1.96. The molecule has 0 aliphatic rings. The third-order valence-electron chi connectivity index (χ3n) is 3.54. The molecule has 0 aliphatic heterocycles. The molecule has 2 aromatic carbocycles. The first-order valence-electron chi connectivity index (χ1n) is 6.06. The molecule has 0 amide bonds. The van der Waals surface area contributed by atoms with Gasteiger partial charge in [-0.25, -0.2) is 0 Å². The average molecular weight is 249 g/mol. The van der Waals surface area contributed by atoms with Crippen molar-refractivity contribution in [2.24, 2.45) is 5.16 Å². The van der Waals surface area contributed by atoms with Crippen LogP contribution in [0.15, 0.2) is 47.8 Å². The number of nitrogens with zero attached hydrogens (tertiary/aromatic N) is 1. The third-order valence-corrected chi connectivity index (χ3v) is 3.54. The van der Waals surface area contributed by atoms with Crippen molar-refractivity contribution in [3.63, 3.8) is 0 Å². The summed E-state index contributed by atoms with van der Waals surface area (Å²) < 4.78 is 0. The molecule has 0 aliphatic carbocycles. The van der Waals surface area contributed by atoms with Crippen LogP contribution in [-0.4, -0.2) is 21.4 Å². The van der Waals surface area contributed by atoms with Gasteiger partial charge in [0.1, 0.15) is 0 Å².